The average molecular weight is 328 g/mol. The normalized spacial score (nSPS) is 20.6. The van der Waals surface area contributed by atoms with Gasteiger partial charge in [0.05, 0.1) is 0 Å². The topological polar surface area (TPSA) is 26.0 Å². The molecule has 100 valence electrons. The van der Waals surface area contributed by atoms with E-state index in [2.05, 4.69) is 58.9 Å². The van der Waals surface area contributed by atoms with Gasteiger partial charge < -0.3 is 5.73 Å². The molecular weight excluding hydrogens is 306 g/mol. The highest BCUT2D eigenvalue weighted by molar-refractivity contribution is 9.10. The van der Waals surface area contributed by atoms with Crippen molar-refractivity contribution in [2.45, 2.75) is 55.6 Å². The van der Waals surface area contributed by atoms with Crippen molar-refractivity contribution in [1.82, 2.24) is 0 Å². The molecular formula is C15H22BrNS. The molecule has 18 heavy (non-hydrogen) atoms. The Morgan fingerprint density at radius 2 is 1.89 bits per heavy atom. The predicted molar refractivity (Wildman–Crippen MR) is 85.0 cm³/mol. The van der Waals surface area contributed by atoms with Gasteiger partial charge in [-0.15, -0.1) is 11.8 Å². The summed E-state index contributed by atoms with van der Waals surface area (Å²) in [6, 6.07) is 8.68. The van der Waals surface area contributed by atoms with E-state index < -0.39 is 0 Å². The summed E-state index contributed by atoms with van der Waals surface area (Å²) in [7, 11) is 0. The van der Waals surface area contributed by atoms with Crippen molar-refractivity contribution in [2.24, 2.45) is 5.73 Å². The zero-order valence-electron chi connectivity index (χ0n) is 10.9. The van der Waals surface area contributed by atoms with E-state index in [9.17, 15) is 0 Å². The van der Waals surface area contributed by atoms with Crippen molar-refractivity contribution in [3.63, 3.8) is 0 Å². The fraction of sp³-hybridized carbons (Fsp3) is 0.600. The van der Waals surface area contributed by atoms with E-state index in [1.165, 1.54) is 42.1 Å². The van der Waals surface area contributed by atoms with Gasteiger partial charge >= 0.3 is 0 Å². The number of hydrogen-bond donors (Lipinski definition) is 1. The average Bonchev–Trinajstić information content (AvgIpc) is 2.38. The Labute approximate surface area is 123 Å². The summed E-state index contributed by atoms with van der Waals surface area (Å²) in [5.41, 5.74) is 7.56. The molecule has 0 saturated heterocycles. The highest BCUT2D eigenvalue weighted by Crippen LogP contribution is 2.42. The van der Waals surface area contributed by atoms with Gasteiger partial charge in [0.1, 0.15) is 0 Å². The molecule has 0 heterocycles. The number of halogens is 1. The third kappa shape index (κ3) is 3.75. The van der Waals surface area contributed by atoms with Crippen LogP contribution in [0.2, 0.25) is 0 Å². The van der Waals surface area contributed by atoms with Crippen LogP contribution in [-0.2, 0) is 0 Å². The molecule has 0 bridgehead atoms. The molecule has 0 radical (unpaired) electrons. The molecule has 2 atom stereocenters. The first-order chi connectivity index (χ1) is 8.68. The molecule has 1 aromatic rings. The lowest BCUT2D eigenvalue weighted by molar-refractivity contribution is 0.513. The first-order valence-corrected chi connectivity index (χ1v) is 8.57. The van der Waals surface area contributed by atoms with E-state index in [0.717, 1.165) is 5.25 Å². The molecule has 0 amide bonds. The number of rotatable bonds is 4. The van der Waals surface area contributed by atoms with Crippen LogP contribution >= 0.6 is 27.7 Å². The summed E-state index contributed by atoms with van der Waals surface area (Å²) < 4.78 is 1.19. The van der Waals surface area contributed by atoms with Crippen LogP contribution in [0, 0.1) is 0 Å². The second-order valence-corrected chi connectivity index (χ2v) is 7.50. The Kier molecular flexibility index (Phi) is 5.58. The summed E-state index contributed by atoms with van der Waals surface area (Å²) in [6.45, 7) is 2.12. The molecule has 1 aliphatic rings. The number of thioether (sulfide) groups is 1. The van der Waals surface area contributed by atoms with Gasteiger partial charge in [0.15, 0.2) is 0 Å². The minimum atomic E-state index is 0.190. The second-order valence-electron chi connectivity index (χ2n) is 5.20. The zero-order valence-corrected chi connectivity index (χ0v) is 13.3. The molecule has 2 N–H and O–H groups in total. The Hall–Kier alpha value is 0.01000. The molecule has 2 rings (SSSR count). The van der Waals surface area contributed by atoms with Gasteiger partial charge in [-0.05, 0) is 31.4 Å². The van der Waals surface area contributed by atoms with Gasteiger partial charge in [-0.3, -0.25) is 0 Å². The molecule has 0 spiro atoms. The van der Waals surface area contributed by atoms with Crippen molar-refractivity contribution in [2.75, 3.05) is 0 Å². The van der Waals surface area contributed by atoms with E-state index >= 15 is 0 Å². The van der Waals surface area contributed by atoms with Gasteiger partial charge in [0.2, 0.25) is 0 Å². The van der Waals surface area contributed by atoms with Gasteiger partial charge in [-0.1, -0.05) is 53.4 Å². The van der Waals surface area contributed by atoms with E-state index in [1.54, 1.807) is 0 Å². The van der Waals surface area contributed by atoms with Crippen LogP contribution in [0.3, 0.4) is 0 Å². The molecule has 2 unspecified atom stereocenters. The summed E-state index contributed by atoms with van der Waals surface area (Å²) in [6.07, 6.45) is 6.91. The van der Waals surface area contributed by atoms with Crippen LogP contribution < -0.4 is 5.73 Å². The molecule has 0 aliphatic heterocycles. The first kappa shape index (κ1) is 14.4. The first-order valence-electron chi connectivity index (χ1n) is 6.84. The number of hydrogen-bond acceptors (Lipinski definition) is 2. The maximum atomic E-state index is 6.21. The number of nitrogens with two attached hydrogens (primary N) is 1. The molecule has 1 fully saturated rings. The lowest BCUT2D eigenvalue weighted by atomic mass is 10.0. The quantitative estimate of drug-likeness (QED) is 0.850. The van der Waals surface area contributed by atoms with Crippen LogP contribution in [0.15, 0.2) is 28.7 Å². The molecule has 1 saturated carbocycles. The van der Waals surface area contributed by atoms with Gasteiger partial charge in [-0.25, -0.2) is 0 Å². The minimum Gasteiger partial charge on any atom is -0.327 e. The predicted octanol–water partition coefficient (Wildman–Crippen LogP) is 4.90. The largest absolute Gasteiger partial charge is 0.327 e. The SMILES string of the molecule is CC(N)C(SC1CCCCC1)c1ccccc1Br. The lowest BCUT2D eigenvalue weighted by Crippen LogP contribution is -2.25. The van der Waals surface area contributed by atoms with Crippen molar-refractivity contribution in [3.05, 3.63) is 34.3 Å². The van der Waals surface area contributed by atoms with Crippen LogP contribution in [0.4, 0.5) is 0 Å². The smallest absolute Gasteiger partial charge is 0.0459 e. The van der Waals surface area contributed by atoms with E-state index in [0.29, 0.717) is 5.25 Å². The Bertz CT molecular complexity index is 375. The second kappa shape index (κ2) is 6.97. The van der Waals surface area contributed by atoms with Crippen molar-refractivity contribution >= 4 is 27.7 Å². The summed E-state index contributed by atoms with van der Waals surface area (Å²) in [4.78, 5) is 0. The van der Waals surface area contributed by atoms with E-state index in [4.69, 9.17) is 5.73 Å². The zero-order chi connectivity index (χ0) is 13.0. The summed E-state index contributed by atoms with van der Waals surface area (Å²) in [5, 5.41) is 1.20. The fourth-order valence-electron chi connectivity index (χ4n) is 2.59. The molecule has 0 aromatic heterocycles. The van der Waals surface area contributed by atoms with Crippen LogP contribution in [0.5, 0.6) is 0 Å². The highest BCUT2D eigenvalue weighted by Gasteiger charge is 2.24. The Morgan fingerprint density at radius 3 is 2.50 bits per heavy atom. The maximum Gasteiger partial charge on any atom is 0.0459 e. The summed E-state index contributed by atoms with van der Waals surface area (Å²) >= 11 is 5.75. The minimum absolute atomic E-state index is 0.190. The van der Waals surface area contributed by atoms with Crippen molar-refractivity contribution in [3.8, 4) is 0 Å². The van der Waals surface area contributed by atoms with E-state index in [1.807, 2.05) is 0 Å². The van der Waals surface area contributed by atoms with Crippen LogP contribution in [-0.4, -0.2) is 11.3 Å². The van der Waals surface area contributed by atoms with Crippen LogP contribution in [0.25, 0.3) is 0 Å². The molecule has 1 aromatic carbocycles. The van der Waals surface area contributed by atoms with Gasteiger partial charge in [0.25, 0.3) is 0 Å². The Morgan fingerprint density at radius 1 is 1.22 bits per heavy atom. The molecule has 1 nitrogen and oxygen atoms in total. The fourth-order valence-corrected chi connectivity index (χ4v) is 4.90. The summed E-state index contributed by atoms with van der Waals surface area (Å²) in [5.74, 6) is 0. The van der Waals surface area contributed by atoms with E-state index in [-0.39, 0.29) is 6.04 Å². The monoisotopic (exact) mass is 327 g/mol. The lowest BCUT2D eigenvalue weighted by Gasteiger charge is -2.29. The maximum absolute atomic E-state index is 6.21. The molecule has 1 aliphatic carbocycles. The highest BCUT2D eigenvalue weighted by atomic mass is 79.9. The van der Waals surface area contributed by atoms with Gasteiger partial charge in [0, 0.05) is 21.0 Å². The molecule has 3 heteroatoms. The third-order valence-corrected chi connectivity index (χ3v) is 6.14. The third-order valence-electron chi connectivity index (χ3n) is 3.58. The Balaban J connectivity index is 2.10. The van der Waals surface area contributed by atoms with Gasteiger partial charge in [-0.2, -0.15) is 0 Å². The number of benzene rings is 1. The standard InChI is InChI=1S/C15H22BrNS/c1-11(17)15(13-9-5-6-10-14(13)16)18-12-7-3-2-4-8-12/h5-6,9-12,15H,2-4,7-8,17H2,1H3. The van der Waals surface area contributed by atoms with Crippen LogP contribution in [0.1, 0.15) is 49.8 Å². The van der Waals surface area contributed by atoms with Crippen molar-refractivity contribution in [1.29, 1.82) is 0 Å². The van der Waals surface area contributed by atoms with Crippen molar-refractivity contribution < 1.29 is 0 Å².